The van der Waals surface area contributed by atoms with Crippen LogP contribution >= 0.6 is 15.9 Å². The van der Waals surface area contributed by atoms with Gasteiger partial charge in [-0.2, -0.15) is 0 Å². The first kappa shape index (κ1) is 8.63. The zero-order valence-corrected chi connectivity index (χ0v) is 8.38. The molecule has 1 nitrogen and oxygen atoms in total. The molecule has 0 aliphatic heterocycles. The molecule has 3 heteroatoms. The number of pyridine rings is 1. The van der Waals surface area contributed by atoms with Crippen molar-refractivity contribution in [2.75, 3.05) is 0 Å². The maximum Gasteiger partial charge on any atom is 0.116 e. The van der Waals surface area contributed by atoms with Crippen molar-refractivity contribution in [1.82, 2.24) is 4.98 Å². The molecule has 13 heavy (non-hydrogen) atoms. The smallest absolute Gasteiger partial charge is 0.116 e. The van der Waals surface area contributed by atoms with E-state index >= 15 is 0 Å². The van der Waals surface area contributed by atoms with E-state index in [0.717, 1.165) is 15.4 Å². The average molecular weight is 240 g/mol. The fourth-order valence-corrected chi connectivity index (χ4v) is 1.68. The zero-order valence-electron chi connectivity index (χ0n) is 6.80. The van der Waals surface area contributed by atoms with Gasteiger partial charge in [0.1, 0.15) is 6.67 Å². The van der Waals surface area contributed by atoms with E-state index < -0.39 is 6.67 Å². The van der Waals surface area contributed by atoms with Gasteiger partial charge in [0.25, 0.3) is 0 Å². The number of aromatic nitrogens is 1. The number of nitrogens with zero attached hydrogens (tertiary/aromatic N) is 1. The summed E-state index contributed by atoms with van der Waals surface area (Å²) >= 11 is 3.30. The van der Waals surface area contributed by atoms with Crippen LogP contribution in [-0.4, -0.2) is 4.98 Å². The summed E-state index contributed by atoms with van der Waals surface area (Å²) in [4.78, 5) is 4.16. The van der Waals surface area contributed by atoms with Crippen LogP contribution in [0.25, 0.3) is 10.9 Å². The molecule has 0 fully saturated rings. The normalized spacial score (nSPS) is 10.6. The first-order chi connectivity index (χ1) is 6.31. The highest BCUT2D eigenvalue weighted by molar-refractivity contribution is 9.10. The van der Waals surface area contributed by atoms with Gasteiger partial charge in [0.15, 0.2) is 0 Å². The number of alkyl halides is 1. The van der Waals surface area contributed by atoms with Crippen LogP contribution in [0.3, 0.4) is 0 Å². The highest BCUT2D eigenvalue weighted by Crippen LogP contribution is 2.23. The molecule has 0 saturated heterocycles. The van der Waals surface area contributed by atoms with E-state index in [-0.39, 0.29) is 0 Å². The standard InChI is InChI=1S/C10H7BrFN/c11-9-5-10-7(2-1-3-13-10)4-8(9)6-12/h1-5H,6H2. The Morgan fingerprint density at radius 1 is 1.38 bits per heavy atom. The average Bonchev–Trinajstić information content (AvgIpc) is 2.17. The van der Waals surface area contributed by atoms with Gasteiger partial charge in [0.05, 0.1) is 5.52 Å². The van der Waals surface area contributed by atoms with E-state index in [1.807, 2.05) is 24.3 Å². The molecule has 1 aromatic carbocycles. The fourth-order valence-electron chi connectivity index (χ4n) is 1.24. The third-order valence-electron chi connectivity index (χ3n) is 1.92. The van der Waals surface area contributed by atoms with Crippen molar-refractivity contribution in [3.05, 3.63) is 40.5 Å². The summed E-state index contributed by atoms with van der Waals surface area (Å²) in [5.41, 5.74) is 1.55. The second kappa shape index (κ2) is 3.42. The molecule has 0 amide bonds. The maximum atomic E-state index is 12.5. The lowest BCUT2D eigenvalue weighted by Crippen LogP contribution is -1.84. The summed E-state index contributed by atoms with van der Waals surface area (Å²) in [6, 6.07) is 7.42. The lowest BCUT2D eigenvalue weighted by atomic mass is 10.1. The predicted octanol–water partition coefficient (Wildman–Crippen LogP) is 3.47. The molecule has 0 radical (unpaired) electrons. The van der Waals surface area contributed by atoms with Crippen LogP contribution in [0.1, 0.15) is 5.56 Å². The van der Waals surface area contributed by atoms with Gasteiger partial charge in [0.2, 0.25) is 0 Å². The molecule has 0 bridgehead atoms. The largest absolute Gasteiger partial charge is 0.256 e. The molecule has 2 aromatic rings. The topological polar surface area (TPSA) is 12.9 Å². The number of fused-ring (bicyclic) bond motifs is 1. The quantitative estimate of drug-likeness (QED) is 0.743. The SMILES string of the molecule is FCc1cc2cccnc2cc1Br. The molecule has 2 rings (SSSR count). The van der Waals surface area contributed by atoms with Crippen molar-refractivity contribution in [2.45, 2.75) is 6.67 Å². The maximum absolute atomic E-state index is 12.5. The number of rotatable bonds is 1. The summed E-state index contributed by atoms with van der Waals surface area (Å²) in [6.45, 7) is -0.453. The van der Waals surface area contributed by atoms with Gasteiger partial charge < -0.3 is 0 Å². The van der Waals surface area contributed by atoms with E-state index in [9.17, 15) is 4.39 Å². The van der Waals surface area contributed by atoms with Crippen LogP contribution in [0.5, 0.6) is 0 Å². The fraction of sp³-hybridized carbons (Fsp3) is 0.100. The molecule has 0 N–H and O–H groups in total. The molecule has 0 saturated carbocycles. The van der Waals surface area contributed by atoms with Crippen LogP contribution in [0.15, 0.2) is 34.9 Å². The molecule has 0 spiro atoms. The van der Waals surface area contributed by atoms with Crippen molar-refractivity contribution < 1.29 is 4.39 Å². The van der Waals surface area contributed by atoms with Gasteiger partial charge in [-0.25, -0.2) is 4.39 Å². The summed E-state index contributed by atoms with van der Waals surface area (Å²) < 4.78 is 13.2. The lowest BCUT2D eigenvalue weighted by Gasteiger charge is -2.01. The van der Waals surface area contributed by atoms with Crippen LogP contribution in [-0.2, 0) is 6.67 Å². The Labute approximate surface area is 83.7 Å². The van der Waals surface area contributed by atoms with Crippen LogP contribution in [0.4, 0.5) is 4.39 Å². The molecule has 66 valence electrons. The van der Waals surface area contributed by atoms with Crippen molar-refractivity contribution in [1.29, 1.82) is 0 Å². The van der Waals surface area contributed by atoms with Gasteiger partial charge in [0, 0.05) is 16.1 Å². The van der Waals surface area contributed by atoms with Gasteiger partial charge >= 0.3 is 0 Å². The highest BCUT2D eigenvalue weighted by atomic mass is 79.9. The summed E-state index contributed by atoms with van der Waals surface area (Å²) in [5.74, 6) is 0. The summed E-state index contributed by atoms with van der Waals surface area (Å²) in [5, 5.41) is 0.971. The first-order valence-electron chi connectivity index (χ1n) is 3.90. The van der Waals surface area contributed by atoms with Crippen LogP contribution in [0, 0.1) is 0 Å². The Morgan fingerprint density at radius 2 is 2.23 bits per heavy atom. The molecule has 1 heterocycles. The molecule has 0 atom stereocenters. The van der Waals surface area contributed by atoms with Gasteiger partial charge in [-0.05, 0) is 23.8 Å². The minimum atomic E-state index is -0.453. The number of hydrogen-bond acceptors (Lipinski definition) is 1. The second-order valence-electron chi connectivity index (χ2n) is 2.77. The van der Waals surface area contributed by atoms with Gasteiger partial charge in [-0.15, -0.1) is 0 Å². The minimum Gasteiger partial charge on any atom is -0.256 e. The van der Waals surface area contributed by atoms with Crippen LogP contribution < -0.4 is 0 Å². The molecule has 0 unspecified atom stereocenters. The van der Waals surface area contributed by atoms with E-state index in [2.05, 4.69) is 20.9 Å². The summed E-state index contributed by atoms with van der Waals surface area (Å²) in [7, 11) is 0. The van der Waals surface area contributed by atoms with E-state index in [1.165, 1.54) is 0 Å². The Hall–Kier alpha value is -0.960. The molecule has 0 aliphatic carbocycles. The Morgan fingerprint density at radius 3 is 3.00 bits per heavy atom. The number of halogens is 2. The van der Waals surface area contributed by atoms with E-state index in [1.54, 1.807) is 6.20 Å². The predicted molar refractivity (Wildman–Crippen MR) is 54.3 cm³/mol. The van der Waals surface area contributed by atoms with Crippen molar-refractivity contribution >= 4 is 26.8 Å². The minimum absolute atomic E-state index is 0.453. The first-order valence-corrected chi connectivity index (χ1v) is 4.69. The Balaban J connectivity index is 2.74. The Bertz CT molecular complexity index is 442. The monoisotopic (exact) mass is 239 g/mol. The van der Waals surface area contributed by atoms with Crippen molar-refractivity contribution in [3.8, 4) is 0 Å². The van der Waals surface area contributed by atoms with Crippen LogP contribution in [0.2, 0.25) is 0 Å². The zero-order chi connectivity index (χ0) is 9.26. The third kappa shape index (κ3) is 1.56. The summed E-state index contributed by atoms with van der Waals surface area (Å²) in [6.07, 6.45) is 1.73. The Kier molecular flexibility index (Phi) is 2.27. The molecular formula is C10H7BrFN. The molecular weight excluding hydrogens is 233 g/mol. The van der Waals surface area contributed by atoms with Gasteiger partial charge in [-0.1, -0.05) is 22.0 Å². The number of benzene rings is 1. The molecule has 1 aromatic heterocycles. The highest BCUT2D eigenvalue weighted by Gasteiger charge is 2.01. The van der Waals surface area contributed by atoms with Crippen molar-refractivity contribution in [3.63, 3.8) is 0 Å². The molecule has 0 aliphatic rings. The van der Waals surface area contributed by atoms with E-state index in [0.29, 0.717) is 5.56 Å². The van der Waals surface area contributed by atoms with Gasteiger partial charge in [-0.3, -0.25) is 4.98 Å². The van der Waals surface area contributed by atoms with Crippen molar-refractivity contribution in [2.24, 2.45) is 0 Å². The number of hydrogen-bond donors (Lipinski definition) is 0. The van der Waals surface area contributed by atoms with E-state index in [4.69, 9.17) is 0 Å². The second-order valence-corrected chi connectivity index (χ2v) is 3.63. The lowest BCUT2D eigenvalue weighted by molar-refractivity contribution is 0.484. The third-order valence-corrected chi connectivity index (χ3v) is 2.65.